The number of nitrogens with zero attached hydrogens (tertiary/aromatic N) is 3. The van der Waals surface area contributed by atoms with Crippen LogP contribution in [0.4, 0.5) is 4.79 Å². The fraction of sp³-hybridized carbons (Fsp3) is 0.571. The van der Waals surface area contributed by atoms with E-state index in [1.54, 1.807) is 29.4 Å². The summed E-state index contributed by atoms with van der Waals surface area (Å²) in [6, 6.07) is 1.80. The molecule has 1 aliphatic rings. The quantitative estimate of drug-likeness (QED) is 0.894. The minimum absolute atomic E-state index is 0.0339. The molecule has 2 rings (SSSR count). The topological polar surface area (TPSA) is 77.2 Å². The zero-order chi connectivity index (χ0) is 15.2. The molecule has 2 heterocycles. The van der Waals surface area contributed by atoms with Crippen molar-refractivity contribution in [1.29, 1.82) is 0 Å². The van der Waals surface area contributed by atoms with E-state index in [1.807, 2.05) is 11.0 Å². The van der Waals surface area contributed by atoms with Gasteiger partial charge in [-0.2, -0.15) is 0 Å². The Morgan fingerprint density at radius 1 is 1.33 bits per heavy atom. The Labute approximate surface area is 123 Å². The standard InChI is InChI=1S/C14H21N3O4/c1-15(9-12-3-8-21-11-12)14(20)17-5-2-4-16(6-7-17)10-13(18)19/h3,8,11H,2,4-7,9-10H2,1H3,(H,18,19). The normalized spacial score (nSPS) is 16.5. The van der Waals surface area contributed by atoms with Gasteiger partial charge in [0.05, 0.1) is 25.6 Å². The summed E-state index contributed by atoms with van der Waals surface area (Å²) in [4.78, 5) is 28.4. The summed E-state index contributed by atoms with van der Waals surface area (Å²) in [5.41, 5.74) is 0.952. The van der Waals surface area contributed by atoms with Gasteiger partial charge < -0.3 is 19.3 Å². The number of carbonyl (C=O) groups is 2. The Bertz CT molecular complexity index is 475. The van der Waals surface area contributed by atoms with E-state index in [1.165, 1.54) is 0 Å². The fourth-order valence-corrected chi connectivity index (χ4v) is 2.48. The van der Waals surface area contributed by atoms with E-state index in [0.717, 1.165) is 12.0 Å². The summed E-state index contributed by atoms with van der Waals surface area (Å²) in [5, 5.41) is 8.83. The lowest BCUT2D eigenvalue weighted by Crippen LogP contribution is -2.43. The maximum absolute atomic E-state index is 12.4. The predicted molar refractivity (Wildman–Crippen MR) is 75.8 cm³/mol. The van der Waals surface area contributed by atoms with Crippen LogP contribution in [0.5, 0.6) is 0 Å². The Balaban J connectivity index is 1.86. The summed E-state index contributed by atoms with van der Waals surface area (Å²) < 4.78 is 5.00. The lowest BCUT2D eigenvalue weighted by molar-refractivity contribution is -0.138. The zero-order valence-electron chi connectivity index (χ0n) is 12.2. The number of hydrogen-bond acceptors (Lipinski definition) is 4. The van der Waals surface area contributed by atoms with Crippen molar-refractivity contribution >= 4 is 12.0 Å². The molecule has 2 amide bonds. The Kier molecular flexibility index (Phi) is 5.21. The van der Waals surface area contributed by atoms with Crippen LogP contribution in [0, 0.1) is 0 Å². The zero-order valence-corrected chi connectivity index (χ0v) is 12.2. The molecule has 1 aromatic rings. The van der Waals surface area contributed by atoms with Gasteiger partial charge in [0.15, 0.2) is 0 Å². The molecule has 0 saturated carbocycles. The number of urea groups is 1. The van der Waals surface area contributed by atoms with Crippen LogP contribution in [0.3, 0.4) is 0 Å². The van der Waals surface area contributed by atoms with Gasteiger partial charge in [0, 0.05) is 38.8 Å². The highest BCUT2D eigenvalue weighted by molar-refractivity contribution is 5.74. The van der Waals surface area contributed by atoms with Crippen LogP contribution in [-0.2, 0) is 11.3 Å². The summed E-state index contributed by atoms with van der Waals surface area (Å²) in [5.74, 6) is -0.827. The van der Waals surface area contributed by atoms with E-state index in [2.05, 4.69) is 0 Å². The number of rotatable bonds is 4. The van der Waals surface area contributed by atoms with Gasteiger partial charge in [0.2, 0.25) is 0 Å². The lowest BCUT2D eigenvalue weighted by atomic mass is 10.3. The molecule has 116 valence electrons. The summed E-state index contributed by atoms with van der Waals surface area (Å²) in [6.07, 6.45) is 4.00. The van der Waals surface area contributed by atoms with Crippen LogP contribution in [-0.4, -0.2) is 71.6 Å². The molecule has 0 unspecified atom stereocenters. The lowest BCUT2D eigenvalue weighted by Gasteiger charge is -2.27. The second-order valence-corrected chi connectivity index (χ2v) is 5.28. The van der Waals surface area contributed by atoms with E-state index in [9.17, 15) is 9.59 Å². The molecule has 1 aliphatic heterocycles. The Morgan fingerprint density at radius 3 is 2.81 bits per heavy atom. The van der Waals surface area contributed by atoms with Gasteiger partial charge in [0.25, 0.3) is 0 Å². The smallest absolute Gasteiger partial charge is 0.320 e. The van der Waals surface area contributed by atoms with Crippen molar-refractivity contribution in [2.45, 2.75) is 13.0 Å². The van der Waals surface area contributed by atoms with Crippen LogP contribution in [0.25, 0.3) is 0 Å². The molecule has 0 spiro atoms. The van der Waals surface area contributed by atoms with Crippen molar-refractivity contribution in [2.24, 2.45) is 0 Å². The molecule has 1 saturated heterocycles. The molecule has 0 aromatic carbocycles. The van der Waals surface area contributed by atoms with Crippen molar-refractivity contribution in [1.82, 2.24) is 14.7 Å². The van der Waals surface area contributed by atoms with Gasteiger partial charge in [-0.05, 0) is 12.5 Å². The first kappa shape index (κ1) is 15.4. The van der Waals surface area contributed by atoms with Gasteiger partial charge in [-0.1, -0.05) is 0 Å². The third-order valence-electron chi connectivity index (χ3n) is 3.54. The van der Waals surface area contributed by atoms with Gasteiger partial charge in [-0.3, -0.25) is 9.69 Å². The van der Waals surface area contributed by atoms with Crippen LogP contribution in [0.15, 0.2) is 23.0 Å². The number of aliphatic carboxylic acids is 1. The minimum atomic E-state index is -0.827. The number of carboxylic acids is 1. The van der Waals surface area contributed by atoms with E-state index in [0.29, 0.717) is 32.7 Å². The monoisotopic (exact) mass is 295 g/mol. The summed E-state index contributed by atoms with van der Waals surface area (Å²) >= 11 is 0. The van der Waals surface area contributed by atoms with Gasteiger partial charge in [-0.15, -0.1) is 0 Å². The number of hydrogen-bond donors (Lipinski definition) is 1. The largest absolute Gasteiger partial charge is 0.480 e. The second-order valence-electron chi connectivity index (χ2n) is 5.28. The number of amides is 2. The average Bonchev–Trinajstić information content (AvgIpc) is 2.83. The van der Waals surface area contributed by atoms with Crippen molar-refractivity contribution < 1.29 is 19.1 Å². The van der Waals surface area contributed by atoms with Crippen LogP contribution in [0.1, 0.15) is 12.0 Å². The molecule has 1 fully saturated rings. The van der Waals surface area contributed by atoms with Crippen LogP contribution < -0.4 is 0 Å². The highest BCUT2D eigenvalue weighted by atomic mass is 16.4. The van der Waals surface area contributed by atoms with Crippen LogP contribution in [0.2, 0.25) is 0 Å². The molecular weight excluding hydrogens is 274 g/mol. The number of furan rings is 1. The fourth-order valence-electron chi connectivity index (χ4n) is 2.48. The Hall–Kier alpha value is -2.02. The highest BCUT2D eigenvalue weighted by Gasteiger charge is 2.22. The summed E-state index contributed by atoms with van der Waals surface area (Å²) in [7, 11) is 1.76. The van der Waals surface area contributed by atoms with Crippen molar-refractivity contribution in [3.05, 3.63) is 24.2 Å². The molecule has 0 atom stereocenters. The number of carboxylic acid groups (broad SMARTS) is 1. The van der Waals surface area contributed by atoms with E-state index >= 15 is 0 Å². The van der Waals surface area contributed by atoms with Crippen molar-refractivity contribution in [3.63, 3.8) is 0 Å². The summed E-state index contributed by atoms with van der Waals surface area (Å²) in [6.45, 7) is 3.06. The molecule has 0 radical (unpaired) electrons. The molecule has 7 nitrogen and oxygen atoms in total. The maximum atomic E-state index is 12.4. The predicted octanol–water partition coefficient (Wildman–Crippen LogP) is 0.924. The molecule has 0 aliphatic carbocycles. The first-order chi connectivity index (χ1) is 10.1. The first-order valence-corrected chi connectivity index (χ1v) is 7.01. The number of carbonyl (C=O) groups excluding carboxylic acids is 1. The van der Waals surface area contributed by atoms with Crippen LogP contribution >= 0.6 is 0 Å². The Morgan fingerprint density at radius 2 is 2.14 bits per heavy atom. The molecule has 0 bridgehead atoms. The minimum Gasteiger partial charge on any atom is -0.480 e. The SMILES string of the molecule is CN(Cc1ccoc1)C(=O)N1CCCN(CC(=O)O)CC1. The molecule has 21 heavy (non-hydrogen) atoms. The van der Waals surface area contributed by atoms with E-state index in [4.69, 9.17) is 9.52 Å². The van der Waals surface area contributed by atoms with Gasteiger partial charge in [-0.25, -0.2) is 4.79 Å². The van der Waals surface area contributed by atoms with Crippen molar-refractivity contribution in [3.8, 4) is 0 Å². The first-order valence-electron chi connectivity index (χ1n) is 7.01. The second kappa shape index (κ2) is 7.12. The van der Waals surface area contributed by atoms with E-state index < -0.39 is 5.97 Å². The highest BCUT2D eigenvalue weighted by Crippen LogP contribution is 2.09. The van der Waals surface area contributed by atoms with Crippen molar-refractivity contribution in [2.75, 3.05) is 39.8 Å². The molecule has 1 N–H and O–H groups in total. The van der Waals surface area contributed by atoms with E-state index in [-0.39, 0.29) is 12.6 Å². The third kappa shape index (κ3) is 4.49. The molecular formula is C14H21N3O4. The molecule has 7 heteroatoms. The average molecular weight is 295 g/mol. The molecule has 1 aromatic heterocycles. The van der Waals surface area contributed by atoms with Gasteiger partial charge >= 0.3 is 12.0 Å². The maximum Gasteiger partial charge on any atom is 0.320 e. The third-order valence-corrected chi connectivity index (χ3v) is 3.54. The van der Waals surface area contributed by atoms with Gasteiger partial charge in [0.1, 0.15) is 0 Å².